The van der Waals surface area contributed by atoms with Gasteiger partial charge in [-0.25, -0.2) is 5.43 Å². The largest absolute Gasteiger partial charge is 0.493 e. The Morgan fingerprint density at radius 3 is 2.47 bits per heavy atom. The molecule has 0 saturated carbocycles. The Hall–Kier alpha value is -1.77. The summed E-state index contributed by atoms with van der Waals surface area (Å²) in [5, 5.41) is 5.29. The average molecular weight is 622 g/mol. The van der Waals surface area contributed by atoms with E-state index >= 15 is 0 Å². The molecule has 0 aliphatic carbocycles. The maximum absolute atomic E-state index is 12.3. The molecular weight excluding hydrogens is 606 g/mol. The van der Waals surface area contributed by atoms with Crippen molar-refractivity contribution in [2.45, 2.75) is 6.61 Å². The quantitative estimate of drug-likeness (QED) is 0.219. The fourth-order valence-corrected chi connectivity index (χ4v) is 4.11. The van der Waals surface area contributed by atoms with Gasteiger partial charge in [-0.15, -0.1) is 0 Å². The van der Waals surface area contributed by atoms with Gasteiger partial charge in [-0.1, -0.05) is 53.0 Å². The van der Waals surface area contributed by atoms with Gasteiger partial charge in [0.2, 0.25) is 0 Å². The van der Waals surface area contributed by atoms with Gasteiger partial charge in [0.1, 0.15) is 6.61 Å². The number of hydrogen-bond acceptors (Lipinski definition) is 4. The first-order chi connectivity index (χ1) is 15.3. The van der Waals surface area contributed by atoms with Gasteiger partial charge in [0.05, 0.1) is 38.4 Å². The van der Waals surface area contributed by atoms with E-state index in [-0.39, 0.29) is 6.61 Å². The lowest BCUT2D eigenvalue weighted by atomic mass is 10.2. The van der Waals surface area contributed by atoms with Crippen molar-refractivity contribution in [3.63, 3.8) is 0 Å². The summed E-state index contributed by atoms with van der Waals surface area (Å²) >= 11 is 25.1. The summed E-state index contributed by atoms with van der Waals surface area (Å²) in [6.45, 7) is 0.250. The molecule has 0 bridgehead atoms. The highest BCUT2D eigenvalue weighted by Gasteiger charge is 2.17. The van der Waals surface area contributed by atoms with Crippen LogP contribution in [0.3, 0.4) is 0 Å². The van der Waals surface area contributed by atoms with Gasteiger partial charge < -0.3 is 9.47 Å². The molecule has 0 saturated heterocycles. The van der Waals surface area contributed by atoms with Crippen molar-refractivity contribution >= 4 is 78.8 Å². The summed E-state index contributed by atoms with van der Waals surface area (Å²) in [7, 11) is 1.53. The molecule has 0 radical (unpaired) electrons. The van der Waals surface area contributed by atoms with Crippen LogP contribution in [0.5, 0.6) is 11.5 Å². The van der Waals surface area contributed by atoms with Crippen LogP contribution in [0, 0.1) is 0 Å². The summed E-state index contributed by atoms with van der Waals surface area (Å²) in [6, 6.07) is 13.7. The topological polar surface area (TPSA) is 59.9 Å². The number of nitrogens with one attached hydrogen (secondary N) is 1. The molecule has 166 valence electrons. The van der Waals surface area contributed by atoms with E-state index < -0.39 is 5.91 Å². The normalized spacial score (nSPS) is 10.9. The molecule has 32 heavy (non-hydrogen) atoms. The SMILES string of the molecule is COc1cc(/C=N\NC(=O)c2ccccc2Cl)c(Br)c(Br)c1OCc1ccc(Cl)c(Cl)c1. The molecule has 1 N–H and O–H groups in total. The second kappa shape index (κ2) is 11.4. The molecule has 0 fully saturated rings. The highest BCUT2D eigenvalue weighted by atomic mass is 79.9. The third-order valence-corrected chi connectivity index (χ3v) is 7.44. The molecule has 10 heteroatoms. The van der Waals surface area contributed by atoms with Crippen molar-refractivity contribution in [1.82, 2.24) is 5.43 Å². The number of benzene rings is 3. The number of carbonyl (C=O) groups is 1. The van der Waals surface area contributed by atoms with Crippen molar-refractivity contribution < 1.29 is 14.3 Å². The molecule has 0 heterocycles. The molecule has 0 aliphatic rings. The molecule has 3 rings (SSSR count). The lowest BCUT2D eigenvalue weighted by molar-refractivity contribution is 0.0955. The summed E-state index contributed by atoms with van der Waals surface area (Å²) in [6.07, 6.45) is 1.48. The molecule has 0 atom stereocenters. The zero-order valence-corrected chi connectivity index (χ0v) is 21.9. The van der Waals surface area contributed by atoms with Gasteiger partial charge in [-0.2, -0.15) is 5.10 Å². The van der Waals surface area contributed by atoms with Crippen molar-refractivity contribution in [2.75, 3.05) is 7.11 Å². The second-order valence-electron chi connectivity index (χ2n) is 6.34. The van der Waals surface area contributed by atoms with Crippen LogP contribution < -0.4 is 14.9 Å². The van der Waals surface area contributed by atoms with E-state index in [0.717, 1.165) is 5.56 Å². The smallest absolute Gasteiger partial charge is 0.272 e. The highest BCUT2D eigenvalue weighted by Crippen LogP contribution is 2.42. The van der Waals surface area contributed by atoms with Gasteiger partial charge in [-0.05, 0) is 67.8 Å². The van der Waals surface area contributed by atoms with Crippen molar-refractivity contribution in [3.8, 4) is 11.5 Å². The number of amides is 1. The first kappa shape index (κ1) is 24.9. The molecule has 0 spiro atoms. The maximum Gasteiger partial charge on any atom is 0.272 e. The Morgan fingerprint density at radius 2 is 1.78 bits per heavy atom. The molecule has 3 aromatic carbocycles. The number of rotatable bonds is 7. The van der Waals surface area contributed by atoms with Gasteiger partial charge >= 0.3 is 0 Å². The van der Waals surface area contributed by atoms with Crippen LogP contribution >= 0.6 is 66.7 Å². The summed E-state index contributed by atoms with van der Waals surface area (Å²) in [5.74, 6) is 0.539. The fraction of sp³-hybridized carbons (Fsp3) is 0.0909. The van der Waals surface area contributed by atoms with E-state index in [4.69, 9.17) is 44.3 Å². The van der Waals surface area contributed by atoms with Gasteiger partial charge in [-0.3, -0.25) is 4.79 Å². The van der Waals surface area contributed by atoms with Crippen LogP contribution in [0.2, 0.25) is 15.1 Å². The Balaban J connectivity index is 1.77. The van der Waals surface area contributed by atoms with E-state index in [1.807, 2.05) is 6.07 Å². The minimum absolute atomic E-state index is 0.250. The standard InChI is InChI=1S/C22H15Br2Cl3N2O3/c1-31-18-9-13(10-28-29-22(30)14-4-2-3-5-15(14)25)19(23)20(24)21(18)32-11-12-6-7-16(26)17(27)8-12/h2-10H,11H2,1H3,(H,29,30)/b28-10-. The van der Waals surface area contributed by atoms with Gasteiger partial charge in [0.15, 0.2) is 11.5 Å². The van der Waals surface area contributed by atoms with Crippen LogP contribution in [0.15, 0.2) is 62.6 Å². The van der Waals surface area contributed by atoms with Crippen molar-refractivity contribution in [1.29, 1.82) is 0 Å². The maximum atomic E-state index is 12.3. The van der Waals surface area contributed by atoms with Crippen molar-refractivity contribution in [3.05, 3.63) is 89.2 Å². The molecule has 0 unspecified atom stereocenters. The summed E-state index contributed by atoms with van der Waals surface area (Å²) in [4.78, 5) is 12.3. The van der Waals surface area contributed by atoms with E-state index in [0.29, 0.717) is 46.6 Å². The molecule has 0 aromatic heterocycles. The predicted octanol–water partition coefficient (Wildman–Crippen LogP) is 7.52. The number of ether oxygens (including phenoxy) is 2. The molecule has 5 nitrogen and oxygen atoms in total. The Bertz CT molecular complexity index is 1190. The monoisotopic (exact) mass is 618 g/mol. The van der Waals surface area contributed by atoms with Gasteiger partial charge in [0, 0.05) is 10.0 Å². The highest BCUT2D eigenvalue weighted by molar-refractivity contribution is 9.13. The fourth-order valence-electron chi connectivity index (χ4n) is 2.64. The Morgan fingerprint density at radius 1 is 1.03 bits per heavy atom. The van der Waals surface area contributed by atoms with Crippen LogP contribution in [0.4, 0.5) is 0 Å². The third kappa shape index (κ3) is 5.97. The number of halogens is 5. The molecule has 1 amide bonds. The Labute approximate surface area is 216 Å². The third-order valence-electron chi connectivity index (χ3n) is 4.23. The second-order valence-corrected chi connectivity index (χ2v) is 9.15. The number of methoxy groups -OCH3 is 1. The zero-order valence-electron chi connectivity index (χ0n) is 16.5. The van der Waals surface area contributed by atoms with Crippen molar-refractivity contribution in [2.24, 2.45) is 5.10 Å². The van der Waals surface area contributed by atoms with E-state index in [9.17, 15) is 4.79 Å². The van der Waals surface area contributed by atoms with Crippen LogP contribution in [-0.2, 0) is 6.61 Å². The number of hydrogen-bond donors (Lipinski definition) is 1. The minimum atomic E-state index is -0.421. The minimum Gasteiger partial charge on any atom is -0.493 e. The van der Waals surface area contributed by atoms with E-state index in [1.165, 1.54) is 13.3 Å². The van der Waals surface area contributed by atoms with Gasteiger partial charge in [0.25, 0.3) is 5.91 Å². The molecule has 0 aliphatic heterocycles. The van der Waals surface area contributed by atoms with E-state index in [2.05, 4.69) is 42.4 Å². The summed E-state index contributed by atoms with van der Waals surface area (Å²) < 4.78 is 12.7. The number of carbonyl (C=O) groups excluding carboxylic acids is 1. The average Bonchev–Trinajstić information content (AvgIpc) is 2.78. The molecular formula is C22H15Br2Cl3N2O3. The Kier molecular flexibility index (Phi) is 8.85. The van der Waals surface area contributed by atoms with Crippen LogP contribution in [-0.4, -0.2) is 19.2 Å². The van der Waals surface area contributed by atoms with Crippen LogP contribution in [0.25, 0.3) is 0 Å². The number of nitrogens with zero attached hydrogens (tertiary/aromatic N) is 1. The molecule has 3 aromatic rings. The van der Waals surface area contributed by atoms with Crippen LogP contribution in [0.1, 0.15) is 21.5 Å². The predicted molar refractivity (Wildman–Crippen MR) is 136 cm³/mol. The lowest BCUT2D eigenvalue weighted by Crippen LogP contribution is -2.18. The zero-order chi connectivity index (χ0) is 23.3. The first-order valence-electron chi connectivity index (χ1n) is 9.02. The lowest BCUT2D eigenvalue weighted by Gasteiger charge is -2.15. The summed E-state index contributed by atoms with van der Waals surface area (Å²) in [5.41, 5.74) is 4.28. The number of hydrazone groups is 1. The van der Waals surface area contributed by atoms with E-state index in [1.54, 1.807) is 42.5 Å². The first-order valence-corrected chi connectivity index (χ1v) is 11.7.